The number of carboxylic acids is 1. The minimum atomic E-state index is -2.65. The van der Waals surface area contributed by atoms with Gasteiger partial charge in [0.05, 0.1) is 6.54 Å². The van der Waals surface area contributed by atoms with E-state index in [9.17, 15) is 18.4 Å². The van der Waals surface area contributed by atoms with Gasteiger partial charge in [0.15, 0.2) is 0 Å². The Balaban J connectivity index is 2.54. The molecule has 0 bridgehead atoms. The predicted octanol–water partition coefficient (Wildman–Crippen LogP) is 1.34. The molecule has 17 heavy (non-hydrogen) atoms. The number of nitrogens with one attached hydrogen (secondary N) is 2. The van der Waals surface area contributed by atoms with Gasteiger partial charge in [-0.1, -0.05) is 19.3 Å². The summed E-state index contributed by atoms with van der Waals surface area (Å²) in [6.07, 6.45) is 0.375. The highest BCUT2D eigenvalue weighted by molar-refractivity contribution is 5.86. The lowest BCUT2D eigenvalue weighted by Crippen LogP contribution is -2.58. The lowest BCUT2D eigenvalue weighted by atomic mass is 9.82. The Labute approximate surface area is 97.6 Å². The van der Waals surface area contributed by atoms with Gasteiger partial charge in [-0.3, -0.25) is 0 Å². The van der Waals surface area contributed by atoms with Crippen molar-refractivity contribution in [1.82, 2.24) is 10.6 Å². The molecule has 1 aliphatic carbocycles. The molecule has 1 fully saturated rings. The molecule has 0 saturated heterocycles. The summed E-state index contributed by atoms with van der Waals surface area (Å²) >= 11 is 0. The van der Waals surface area contributed by atoms with Crippen LogP contribution in [0.5, 0.6) is 0 Å². The van der Waals surface area contributed by atoms with Crippen LogP contribution in [0.1, 0.15) is 32.1 Å². The molecular weight excluding hydrogens is 234 g/mol. The molecule has 5 nitrogen and oxygen atoms in total. The van der Waals surface area contributed by atoms with Crippen LogP contribution in [-0.2, 0) is 4.79 Å². The minimum Gasteiger partial charge on any atom is -0.480 e. The smallest absolute Gasteiger partial charge is 0.329 e. The van der Waals surface area contributed by atoms with Crippen molar-refractivity contribution in [2.45, 2.75) is 44.1 Å². The molecule has 0 aromatic heterocycles. The van der Waals surface area contributed by atoms with Crippen molar-refractivity contribution >= 4 is 12.0 Å². The Bertz CT molecular complexity index is 291. The maximum Gasteiger partial charge on any atom is 0.329 e. The van der Waals surface area contributed by atoms with Gasteiger partial charge in [0.2, 0.25) is 0 Å². The van der Waals surface area contributed by atoms with Gasteiger partial charge < -0.3 is 15.7 Å². The number of alkyl halides is 2. The van der Waals surface area contributed by atoms with E-state index in [0.29, 0.717) is 25.7 Å². The van der Waals surface area contributed by atoms with Crippen molar-refractivity contribution in [3.05, 3.63) is 0 Å². The molecule has 98 valence electrons. The summed E-state index contributed by atoms with van der Waals surface area (Å²) in [7, 11) is 0. The van der Waals surface area contributed by atoms with Crippen LogP contribution in [-0.4, -0.2) is 35.6 Å². The van der Waals surface area contributed by atoms with Crippen molar-refractivity contribution in [2.24, 2.45) is 0 Å². The third kappa shape index (κ3) is 3.83. The maximum atomic E-state index is 11.9. The first-order chi connectivity index (χ1) is 7.96. The topological polar surface area (TPSA) is 78.4 Å². The third-order valence-electron chi connectivity index (χ3n) is 2.89. The molecule has 7 heteroatoms. The molecule has 0 atom stereocenters. The van der Waals surface area contributed by atoms with E-state index in [1.54, 1.807) is 0 Å². The Hall–Kier alpha value is -1.40. The Kier molecular flexibility index (Phi) is 4.65. The number of urea groups is 1. The highest BCUT2D eigenvalue weighted by Gasteiger charge is 2.40. The Morgan fingerprint density at radius 3 is 2.29 bits per heavy atom. The van der Waals surface area contributed by atoms with Crippen molar-refractivity contribution in [3.63, 3.8) is 0 Å². The van der Waals surface area contributed by atoms with Crippen LogP contribution in [0.25, 0.3) is 0 Å². The van der Waals surface area contributed by atoms with E-state index in [4.69, 9.17) is 5.11 Å². The lowest BCUT2D eigenvalue weighted by molar-refractivity contribution is -0.145. The number of hydrogen-bond acceptors (Lipinski definition) is 2. The molecule has 0 aromatic carbocycles. The Morgan fingerprint density at radius 1 is 1.24 bits per heavy atom. The molecule has 1 rings (SSSR count). The highest BCUT2D eigenvalue weighted by atomic mass is 19.3. The quantitative estimate of drug-likeness (QED) is 0.704. The molecule has 1 saturated carbocycles. The molecule has 0 aliphatic heterocycles. The summed E-state index contributed by atoms with van der Waals surface area (Å²) < 4.78 is 23.7. The van der Waals surface area contributed by atoms with E-state index < -0.39 is 30.5 Å². The zero-order chi connectivity index (χ0) is 12.9. The first-order valence-corrected chi connectivity index (χ1v) is 5.54. The van der Waals surface area contributed by atoms with E-state index in [2.05, 4.69) is 5.32 Å². The second-order valence-electron chi connectivity index (χ2n) is 4.17. The zero-order valence-electron chi connectivity index (χ0n) is 9.34. The molecule has 3 N–H and O–H groups in total. The maximum absolute atomic E-state index is 11.9. The van der Waals surface area contributed by atoms with Crippen molar-refractivity contribution in [1.29, 1.82) is 0 Å². The summed E-state index contributed by atoms with van der Waals surface area (Å²) in [6.45, 7) is -0.776. The normalized spacial score (nSPS) is 18.8. The van der Waals surface area contributed by atoms with Crippen molar-refractivity contribution in [2.75, 3.05) is 6.54 Å². The number of carbonyl (C=O) groups is 2. The minimum absolute atomic E-state index is 0.338. The Morgan fingerprint density at radius 2 is 1.82 bits per heavy atom. The highest BCUT2D eigenvalue weighted by Crippen LogP contribution is 2.28. The summed E-state index contributed by atoms with van der Waals surface area (Å²) in [5.74, 6) is -1.11. The fraction of sp³-hybridized carbons (Fsp3) is 0.800. The van der Waals surface area contributed by atoms with Gasteiger partial charge in [0.1, 0.15) is 5.54 Å². The van der Waals surface area contributed by atoms with Crippen LogP contribution in [0.15, 0.2) is 0 Å². The number of rotatable bonds is 4. The summed E-state index contributed by atoms with van der Waals surface area (Å²) in [4.78, 5) is 22.5. The number of amides is 2. The van der Waals surface area contributed by atoms with Crippen LogP contribution < -0.4 is 10.6 Å². The average Bonchev–Trinajstić information content (AvgIpc) is 2.27. The fourth-order valence-electron chi connectivity index (χ4n) is 1.98. The lowest BCUT2D eigenvalue weighted by Gasteiger charge is -2.33. The first-order valence-electron chi connectivity index (χ1n) is 5.54. The number of carbonyl (C=O) groups excluding carboxylic acids is 1. The summed E-state index contributed by atoms with van der Waals surface area (Å²) in [5, 5.41) is 13.4. The predicted molar refractivity (Wildman–Crippen MR) is 56.0 cm³/mol. The molecular formula is C10H16F2N2O3. The summed E-state index contributed by atoms with van der Waals surface area (Å²) in [6, 6.07) is -0.852. The fourth-order valence-corrected chi connectivity index (χ4v) is 1.98. The largest absolute Gasteiger partial charge is 0.480 e. The van der Waals surface area contributed by atoms with E-state index in [1.807, 2.05) is 5.32 Å². The van der Waals surface area contributed by atoms with Gasteiger partial charge in [0, 0.05) is 0 Å². The SMILES string of the molecule is O=C(NCC(F)F)NC1(C(=O)O)CCCCC1. The van der Waals surface area contributed by atoms with Crippen LogP contribution >= 0.6 is 0 Å². The third-order valence-corrected chi connectivity index (χ3v) is 2.89. The van der Waals surface area contributed by atoms with Gasteiger partial charge in [-0.15, -0.1) is 0 Å². The average molecular weight is 250 g/mol. The van der Waals surface area contributed by atoms with E-state index in [1.165, 1.54) is 0 Å². The number of hydrogen-bond donors (Lipinski definition) is 3. The molecule has 0 unspecified atom stereocenters. The van der Waals surface area contributed by atoms with Crippen LogP contribution in [0.3, 0.4) is 0 Å². The molecule has 0 aromatic rings. The molecule has 0 heterocycles. The monoisotopic (exact) mass is 250 g/mol. The van der Waals surface area contributed by atoms with Crippen LogP contribution in [0.2, 0.25) is 0 Å². The number of carboxylic acid groups (broad SMARTS) is 1. The molecule has 2 amide bonds. The second kappa shape index (κ2) is 5.79. The number of aliphatic carboxylic acids is 1. The molecule has 0 spiro atoms. The van der Waals surface area contributed by atoms with Crippen LogP contribution in [0, 0.1) is 0 Å². The van der Waals surface area contributed by atoms with E-state index >= 15 is 0 Å². The van der Waals surface area contributed by atoms with Gasteiger partial charge in [-0.2, -0.15) is 0 Å². The second-order valence-corrected chi connectivity index (χ2v) is 4.17. The first kappa shape index (κ1) is 13.7. The van der Waals surface area contributed by atoms with Crippen molar-refractivity contribution in [3.8, 4) is 0 Å². The van der Waals surface area contributed by atoms with Crippen LogP contribution in [0.4, 0.5) is 13.6 Å². The number of halogens is 2. The van der Waals surface area contributed by atoms with Gasteiger partial charge in [-0.05, 0) is 12.8 Å². The van der Waals surface area contributed by atoms with E-state index in [0.717, 1.165) is 6.42 Å². The van der Waals surface area contributed by atoms with E-state index in [-0.39, 0.29) is 0 Å². The van der Waals surface area contributed by atoms with Gasteiger partial charge in [0.25, 0.3) is 6.43 Å². The summed E-state index contributed by atoms with van der Waals surface area (Å²) in [5.41, 5.74) is -1.30. The molecule has 1 aliphatic rings. The standard InChI is InChI=1S/C10H16F2N2O3/c11-7(12)6-13-9(17)14-10(8(15)16)4-2-1-3-5-10/h7H,1-6H2,(H,15,16)(H2,13,14,17). The van der Waals surface area contributed by atoms with Gasteiger partial charge in [-0.25, -0.2) is 18.4 Å². The zero-order valence-corrected chi connectivity index (χ0v) is 9.34. The van der Waals surface area contributed by atoms with Gasteiger partial charge >= 0.3 is 12.0 Å². The van der Waals surface area contributed by atoms with Crippen molar-refractivity contribution < 1.29 is 23.5 Å². The molecule has 0 radical (unpaired) electrons.